The van der Waals surface area contributed by atoms with Crippen LogP contribution in [0.3, 0.4) is 0 Å². The molecule has 1 amide bonds. The van der Waals surface area contributed by atoms with Gasteiger partial charge in [-0.05, 0) is 36.4 Å². The van der Waals surface area contributed by atoms with Crippen molar-refractivity contribution in [2.45, 2.75) is 12.3 Å². The van der Waals surface area contributed by atoms with Crippen molar-refractivity contribution in [3.8, 4) is 22.9 Å². The Hall–Kier alpha value is -3.42. The first-order valence-electron chi connectivity index (χ1n) is 8.71. The number of carbonyl (C=O) groups is 1. The monoisotopic (exact) mass is 383 g/mol. The first kappa shape index (κ1) is 18.0. The lowest BCUT2D eigenvalue weighted by Gasteiger charge is -2.16. The molecule has 2 aromatic carbocycles. The summed E-state index contributed by atoms with van der Waals surface area (Å²) in [5, 5.41) is 4.01. The van der Waals surface area contributed by atoms with Crippen LogP contribution in [-0.2, 0) is 4.79 Å². The summed E-state index contributed by atoms with van der Waals surface area (Å²) < 4.78 is 29.4. The van der Waals surface area contributed by atoms with Crippen LogP contribution in [0.1, 0.15) is 18.2 Å². The van der Waals surface area contributed by atoms with Gasteiger partial charge in [-0.1, -0.05) is 5.16 Å². The summed E-state index contributed by atoms with van der Waals surface area (Å²) in [5.41, 5.74) is 1.26. The van der Waals surface area contributed by atoms with E-state index < -0.39 is 5.82 Å². The number of carbonyl (C=O) groups excluding carboxylic acids is 1. The first-order valence-corrected chi connectivity index (χ1v) is 8.71. The van der Waals surface area contributed by atoms with Crippen LogP contribution in [-0.4, -0.2) is 36.8 Å². The van der Waals surface area contributed by atoms with Crippen LogP contribution in [0.15, 0.2) is 47.0 Å². The van der Waals surface area contributed by atoms with E-state index in [1.165, 1.54) is 24.1 Å². The van der Waals surface area contributed by atoms with Gasteiger partial charge in [-0.15, -0.1) is 0 Å². The quantitative estimate of drug-likeness (QED) is 0.672. The van der Waals surface area contributed by atoms with Crippen molar-refractivity contribution in [1.29, 1.82) is 0 Å². The van der Waals surface area contributed by atoms with E-state index in [0.717, 1.165) is 11.3 Å². The average Bonchev–Trinajstić information content (AvgIpc) is 3.35. The molecule has 3 aromatic rings. The van der Waals surface area contributed by atoms with Crippen LogP contribution in [0, 0.1) is 5.82 Å². The van der Waals surface area contributed by atoms with Crippen molar-refractivity contribution in [2.75, 3.05) is 25.7 Å². The molecule has 1 saturated heterocycles. The van der Waals surface area contributed by atoms with Gasteiger partial charge in [0.1, 0.15) is 5.75 Å². The number of amides is 1. The Bertz CT molecular complexity index is 1000. The van der Waals surface area contributed by atoms with Gasteiger partial charge in [-0.2, -0.15) is 4.98 Å². The number of hydrogen-bond donors (Lipinski definition) is 0. The number of nitrogens with zero attached hydrogens (tertiary/aromatic N) is 3. The second-order valence-corrected chi connectivity index (χ2v) is 6.41. The highest BCUT2D eigenvalue weighted by atomic mass is 19.1. The number of rotatable bonds is 5. The van der Waals surface area contributed by atoms with Gasteiger partial charge in [-0.25, -0.2) is 4.39 Å². The third-order valence-corrected chi connectivity index (χ3v) is 4.71. The van der Waals surface area contributed by atoms with E-state index in [-0.39, 0.29) is 24.0 Å². The third kappa shape index (κ3) is 3.28. The predicted molar refractivity (Wildman–Crippen MR) is 98.9 cm³/mol. The summed E-state index contributed by atoms with van der Waals surface area (Å²) >= 11 is 0. The lowest BCUT2D eigenvalue weighted by Crippen LogP contribution is -2.24. The minimum Gasteiger partial charge on any atom is -0.497 e. The van der Waals surface area contributed by atoms with Gasteiger partial charge in [0.2, 0.25) is 17.6 Å². The Morgan fingerprint density at radius 2 is 1.93 bits per heavy atom. The average molecular weight is 383 g/mol. The molecule has 0 N–H and O–H groups in total. The van der Waals surface area contributed by atoms with E-state index in [9.17, 15) is 9.18 Å². The van der Waals surface area contributed by atoms with Crippen LogP contribution in [0.2, 0.25) is 0 Å². The lowest BCUT2D eigenvalue weighted by atomic mass is 10.1. The maximum atomic E-state index is 14.0. The van der Waals surface area contributed by atoms with E-state index in [0.29, 0.717) is 23.9 Å². The van der Waals surface area contributed by atoms with E-state index in [4.69, 9.17) is 14.0 Å². The van der Waals surface area contributed by atoms with Crippen molar-refractivity contribution in [1.82, 2.24) is 10.1 Å². The normalized spacial score (nSPS) is 16.5. The summed E-state index contributed by atoms with van der Waals surface area (Å²) in [6.45, 7) is 0.342. The second kappa shape index (κ2) is 7.30. The van der Waals surface area contributed by atoms with Gasteiger partial charge >= 0.3 is 0 Å². The van der Waals surface area contributed by atoms with Crippen LogP contribution < -0.4 is 14.4 Å². The molecule has 2 heterocycles. The molecule has 144 valence electrons. The van der Waals surface area contributed by atoms with Crippen LogP contribution >= 0.6 is 0 Å². The zero-order valence-corrected chi connectivity index (χ0v) is 15.4. The van der Waals surface area contributed by atoms with Crippen LogP contribution in [0.25, 0.3) is 11.4 Å². The standard InChI is InChI=1S/C20H18FN3O4/c1-26-15-6-3-12(4-7-15)19-22-20(28-23-19)13-9-18(25)24(11-13)14-5-8-17(27-2)16(21)10-14/h3-8,10,13H,9,11H2,1-2H3. The molecule has 28 heavy (non-hydrogen) atoms. The molecule has 7 nitrogen and oxygen atoms in total. The number of methoxy groups -OCH3 is 2. The molecule has 0 saturated carbocycles. The molecule has 0 bridgehead atoms. The highest BCUT2D eigenvalue weighted by Gasteiger charge is 2.35. The number of halogens is 1. The number of hydrogen-bond acceptors (Lipinski definition) is 6. The molecular formula is C20H18FN3O4. The maximum absolute atomic E-state index is 14.0. The Labute approximate surface area is 160 Å². The molecule has 1 aromatic heterocycles. The zero-order chi connectivity index (χ0) is 19.7. The van der Waals surface area contributed by atoms with E-state index in [2.05, 4.69) is 10.1 Å². The first-order chi connectivity index (χ1) is 13.6. The molecular weight excluding hydrogens is 365 g/mol. The summed E-state index contributed by atoms with van der Waals surface area (Å²) in [6, 6.07) is 11.7. The van der Waals surface area contributed by atoms with Gasteiger partial charge in [0.25, 0.3) is 0 Å². The van der Waals surface area contributed by atoms with E-state index in [1.807, 2.05) is 24.3 Å². The fourth-order valence-electron chi connectivity index (χ4n) is 3.20. The van der Waals surface area contributed by atoms with Crippen molar-refractivity contribution < 1.29 is 23.2 Å². The van der Waals surface area contributed by atoms with Gasteiger partial charge < -0.3 is 18.9 Å². The minimum absolute atomic E-state index is 0.126. The number of aromatic nitrogens is 2. The molecule has 0 spiro atoms. The molecule has 1 fully saturated rings. The Morgan fingerprint density at radius 1 is 1.14 bits per heavy atom. The SMILES string of the molecule is COc1ccc(-c2noc(C3CC(=O)N(c4ccc(OC)c(F)c4)C3)n2)cc1. The lowest BCUT2D eigenvalue weighted by molar-refractivity contribution is -0.117. The van der Waals surface area contributed by atoms with E-state index >= 15 is 0 Å². The van der Waals surface area contributed by atoms with Gasteiger partial charge in [0, 0.05) is 30.3 Å². The van der Waals surface area contributed by atoms with Gasteiger partial charge in [0.15, 0.2) is 11.6 Å². The van der Waals surface area contributed by atoms with Gasteiger partial charge in [-0.3, -0.25) is 4.79 Å². The summed E-state index contributed by atoms with van der Waals surface area (Å²) in [5.74, 6) is 0.797. The Kier molecular flexibility index (Phi) is 4.68. The highest BCUT2D eigenvalue weighted by molar-refractivity contribution is 5.96. The molecule has 8 heteroatoms. The molecule has 1 aliphatic rings. The Morgan fingerprint density at radius 3 is 2.61 bits per heavy atom. The number of benzene rings is 2. The third-order valence-electron chi connectivity index (χ3n) is 4.71. The van der Waals surface area contributed by atoms with Gasteiger partial charge in [0.05, 0.1) is 20.1 Å². The van der Waals surface area contributed by atoms with Crippen molar-refractivity contribution in [3.05, 3.63) is 54.2 Å². The largest absolute Gasteiger partial charge is 0.497 e. The van der Waals surface area contributed by atoms with Crippen LogP contribution in [0.4, 0.5) is 10.1 Å². The smallest absolute Gasteiger partial charge is 0.232 e. The zero-order valence-electron chi connectivity index (χ0n) is 15.4. The predicted octanol–water partition coefficient (Wildman–Crippen LogP) is 3.41. The Balaban J connectivity index is 1.52. The summed E-state index contributed by atoms with van der Waals surface area (Å²) in [6.07, 6.45) is 0.220. The second-order valence-electron chi connectivity index (χ2n) is 6.41. The maximum Gasteiger partial charge on any atom is 0.232 e. The van der Waals surface area contributed by atoms with Crippen molar-refractivity contribution >= 4 is 11.6 Å². The molecule has 1 atom stereocenters. The molecule has 1 aliphatic heterocycles. The van der Waals surface area contributed by atoms with E-state index in [1.54, 1.807) is 13.2 Å². The van der Waals surface area contributed by atoms with Crippen molar-refractivity contribution in [3.63, 3.8) is 0 Å². The molecule has 0 radical (unpaired) electrons. The number of ether oxygens (including phenoxy) is 2. The van der Waals surface area contributed by atoms with Crippen molar-refractivity contribution in [2.24, 2.45) is 0 Å². The fraction of sp³-hybridized carbons (Fsp3) is 0.250. The molecule has 1 unspecified atom stereocenters. The van der Waals surface area contributed by atoms with Crippen LogP contribution in [0.5, 0.6) is 11.5 Å². The summed E-state index contributed by atoms with van der Waals surface area (Å²) in [7, 11) is 2.99. The summed E-state index contributed by atoms with van der Waals surface area (Å²) in [4.78, 5) is 18.4. The number of anilines is 1. The molecule has 0 aliphatic carbocycles. The topological polar surface area (TPSA) is 77.7 Å². The highest BCUT2D eigenvalue weighted by Crippen LogP contribution is 2.33. The molecule has 4 rings (SSSR count). The fourth-order valence-corrected chi connectivity index (χ4v) is 3.20. The minimum atomic E-state index is -0.518.